The van der Waals surface area contributed by atoms with Crippen LogP contribution in [-0.2, 0) is 9.53 Å². The number of benzene rings is 2. The number of anilines is 1. The molecular formula is C22H22N4O6S. The number of aromatic hydroxyl groups is 1. The van der Waals surface area contributed by atoms with Gasteiger partial charge in [0, 0.05) is 31.9 Å². The zero-order valence-corrected chi connectivity index (χ0v) is 18.9. The minimum absolute atomic E-state index is 0.0471. The molecule has 10 nitrogen and oxygen atoms in total. The van der Waals surface area contributed by atoms with Crippen LogP contribution in [0.5, 0.6) is 11.5 Å². The lowest BCUT2D eigenvalue weighted by atomic mass is 10.1. The molecular weight excluding hydrogens is 448 g/mol. The van der Waals surface area contributed by atoms with E-state index in [1.165, 1.54) is 42.0 Å². The molecule has 2 aromatic rings. The number of phenols is 1. The summed E-state index contributed by atoms with van der Waals surface area (Å²) in [5.74, 6) is -0.887. The van der Waals surface area contributed by atoms with Crippen LogP contribution in [0.25, 0.3) is 6.08 Å². The summed E-state index contributed by atoms with van der Waals surface area (Å²) in [6.07, 6.45) is 1.52. The van der Waals surface area contributed by atoms with Crippen molar-refractivity contribution in [3.63, 3.8) is 0 Å². The number of nitro groups is 1. The molecule has 172 valence electrons. The fourth-order valence-corrected chi connectivity index (χ4v) is 4.45. The molecule has 0 atom stereocenters. The Bertz CT molecular complexity index is 1140. The number of nitrogens with zero attached hydrogens (tertiary/aromatic N) is 4. The van der Waals surface area contributed by atoms with Crippen molar-refractivity contribution >= 4 is 46.0 Å². The fraction of sp³-hybridized carbons (Fsp3) is 0.273. The van der Waals surface area contributed by atoms with Gasteiger partial charge in [0.15, 0.2) is 10.9 Å². The van der Waals surface area contributed by atoms with Crippen LogP contribution in [0.1, 0.15) is 5.56 Å². The number of carbonyl (C=O) groups excluding carboxylic acids is 1. The first kappa shape index (κ1) is 22.6. The number of likely N-dealkylation sites (N-methyl/N-ethyl adjacent to an activating group) is 1. The molecule has 0 unspecified atom stereocenters. The van der Waals surface area contributed by atoms with Gasteiger partial charge in [0.2, 0.25) is 5.75 Å². The topological polar surface area (TPSA) is 118 Å². The highest BCUT2D eigenvalue weighted by molar-refractivity contribution is 8.18. The van der Waals surface area contributed by atoms with Crippen LogP contribution in [0.2, 0.25) is 0 Å². The van der Waals surface area contributed by atoms with Crippen LogP contribution < -0.4 is 9.64 Å². The summed E-state index contributed by atoms with van der Waals surface area (Å²) in [5.41, 5.74) is 1.66. The van der Waals surface area contributed by atoms with Crippen molar-refractivity contribution in [3.05, 3.63) is 57.0 Å². The minimum Gasteiger partial charge on any atom is -0.500 e. The molecule has 2 aliphatic heterocycles. The first-order valence-corrected chi connectivity index (χ1v) is 10.9. The molecule has 33 heavy (non-hydrogen) atoms. The first-order chi connectivity index (χ1) is 15.9. The van der Waals surface area contributed by atoms with Gasteiger partial charge in [-0.15, -0.1) is 0 Å². The predicted octanol–water partition coefficient (Wildman–Crippen LogP) is 3.38. The van der Waals surface area contributed by atoms with E-state index >= 15 is 0 Å². The second-order valence-corrected chi connectivity index (χ2v) is 8.34. The SMILES string of the molecule is COc1cc(C=C2SC(=Nc3ccc(N4CCOCC4)cc3)N(C)C2=O)cc([N+](=O)[O-])c1O. The van der Waals surface area contributed by atoms with Crippen molar-refractivity contribution in [1.82, 2.24) is 4.90 Å². The van der Waals surface area contributed by atoms with Gasteiger partial charge in [0.25, 0.3) is 5.91 Å². The Kier molecular flexibility index (Phi) is 6.52. The summed E-state index contributed by atoms with van der Waals surface area (Å²) in [5, 5.41) is 21.7. The van der Waals surface area contributed by atoms with Crippen LogP contribution in [0.3, 0.4) is 0 Å². The lowest BCUT2D eigenvalue weighted by molar-refractivity contribution is -0.386. The number of morpholine rings is 1. The van der Waals surface area contributed by atoms with Gasteiger partial charge < -0.3 is 19.5 Å². The van der Waals surface area contributed by atoms with Gasteiger partial charge >= 0.3 is 5.69 Å². The van der Waals surface area contributed by atoms with Crippen LogP contribution in [0.15, 0.2) is 46.3 Å². The number of carbonyl (C=O) groups is 1. The lowest BCUT2D eigenvalue weighted by Gasteiger charge is -2.28. The highest BCUT2D eigenvalue weighted by atomic mass is 32.2. The third kappa shape index (κ3) is 4.78. The van der Waals surface area contributed by atoms with Gasteiger partial charge in [-0.2, -0.15) is 0 Å². The summed E-state index contributed by atoms with van der Waals surface area (Å²) in [6.45, 7) is 3.10. The van der Waals surface area contributed by atoms with Gasteiger partial charge in [-0.05, 0) is 53.7 Å². The molecule has 0 saturated carbocycles. The number of hydrogen-bond donors (Lipinski definition) is 1. The molecule has 1 N–H and O–H groups in total. The van der Waals surface area contributed by atoms with Crippen molar-refractivity contribution in [2.45, 2.75) is 0 Å². The summed E-state index contributed by atoms with van der Waals surface area (Å²) in [7, 11) is 2.92. The maximum atomic E-state index is 12.7. The molecule has 2 fully saturated rings. The van der Waals surface area contributed by atoms with E-state index in [0.29, 0.717) is 34.5 Å². The lowest BCUT2D eigenvalue weighted by Crippen LogP contribution is -2.36. The summed E-state index contributed by atoms with van der Waals surface area (Å²) in [6, 6.07) is 10.4. The van der Waals surface area contributed by atoms with Gasteiger partial charge in [-0.1, -0.05) is 0 Å². The maximum absolute atomic E-state index is 12.7. The molecule has 11 heteroatoms. The number of methoxy groups -OCH3 is 1. The van der Waals surface area contributed by atoms with E-state index in [0.717, 1.165) is 18.8 Å². The zero-order chi connectivity index (χ0) is 23.5. The number of thioether (sulfide) groups is 1. The Hall–Kier alpha value is -3.57. The first-order valence-electron chi connectivity index (χ1n) is 10.1. The number of amides is 1. The van der Waals surface area contributed by atoms with Crippen LogP contribution in [0, 0.1) is 10.1 Å². The summed E-state index contributed by atoms with van der Waals surface area (Å²) < 4.78 is 10.4. The zero-order valence-electron chi connectivity index (χ0n) is 18.1. The molecule has 0 radical (unpaired) electrons. The monoisotopic (exact) mass is 470 g/mol. The summed E-state index contributed by atoms with van der Waals surface area (Å²) >= 11 is 1.17. The third-order valence-electron chi connectivity index (χ3n) is 5.25. The number of amidine groups is 1. The van der Waals surface area contributed by atoms with Crippen molar-refractivity contribution < 1.29 is 24.3 Å². The number of rotatable bonds is 5. The molecule has 2 aromatic carbocycles. The van der Waals surface area contributed by atoms with Crippen molar-refractivity contribution in [2.24, 2.45) is 4.99 Å². The molecule has 2 aliphatic rings. The van der Waals surface area contributed by atoms with Gasteiger partial charge in [0.1, 0.15) is 0 Å². The molecule has 1 amide bonds. The largest absolute Gasteiger partial charge is 0.500 e. The van der Waals surface area contributed by atoms with Crippen LogP contribution >= 0.6 is 11.8 Å². The Morgan fingerprint density at radius 3 is 2.58 bits per heavy atom. The van der Waals surface area contributed by atoms with Crippen molar-refractivity contribution in [3.8, 4) is 11.5 Å². The van der Waals surface area contributed by atoms with Crippen molar-refractivity contribution in [1.29, 1.82) is 0 Å². The quantitative estimate of drug-likeness (QED) is 0.401. The highest BCUT2D eigenvalue weighted by Gasteiger charge is 2.31. The number of ether oxygens (including phenoxy) is 2. The van der Waals surface area contributed by atoms with E-state index in [9.17, 15) is 20.0 Å². The molecule has 0 spiro atoms. The van der Waals surface area contributed by atoms with Gasteiger partial charge in [0.05, 0.1) is 35.8 Å². The van der Waals surface area contributed by atoms with Gasteiger partial charge in [-0.25, -0.2) is 4.99 Å². The highest BCUT2D eigenvalue weighted by Crippen LogP contribution is 2.39. The van der Waals surface area contributed by atoms with Crippen LogP contribution in [-0.4, -0.2) is 66.5 Å². The second-order valence-electron chi connectivity index (χ2n) is 7.33. The Morgan fingerprint density at radius 2 is 1.94 bits per heavy atom. The van der Waals surface area contributed by atoms with E-state index in [-0.39, 0.29) is 11.7 Å². The van der Waals surface area contributed by atoms with E-state index in [1.54, 1.807) is 7.05 Å². The molecule has 2 saturated heterocycles. The number of hydrogen-bond acceptors (Lipinski definition) is 9. The minimum atomic E-state index is -0.705. The van der Waals surface area contributed by atoms with Crippen molar-refractivity contribution in [2.75, 3.05) is 45.4 Å². The van der Waals surface area contributed by atoms with Gasteiger partial charge in [-0.3, -0.25) is 19.8 Å². The molecule has 0 aromatic heterocycles. The molecule has 0 aliphatic carbocycles. The average molecular weight is 471 g/mol. The smallest absolute Gasteiger partial charge is 0.315 e. The third-order valence-corrected chi connectivity index (χ3v) is 6.31. The Labute approximate surface area is 194 Å². The Morgan fingerprint density at radius 1 is 1.24 bits per heavy atom. The van der Waals surface area contributed by atoms with E-state index in [2.05, 4.69) is 9.89 Å². The average Bonchev–Trinajstić information content (AvgIpc) is 3.08. The van der Waals surface area contributed by atoms with E-state index < -0.39 is 16.4 Å². The number of nitro benzene ring substituents is 1. The number of phenolic OH excluding ortho intramolecular Hbond substituents is 1. The second kappa shape index (κ2) is 9.51. The van der Waals surface area contributed by atoms with E-state index in [4.69, 9.17) is 9.47 Å². The maximum Gasteiger partial charge on any atom is 0.315 e. The molecule has 0 bridgehead atoms. The standard InChI is InChI=1S/C22H22N4O6S/c1-24-21(28)19(13-14-11-17(26(29)30)20(27)18(12-14)31-2)33-22(24)23-15-3-5-16(6-4-15)25-7-9-32-10-8-25/h3-6,11-13,27H,7-10H2,1-2H3. The fourth-order valence-electron chi connectivity index (χ4n) is 3.46. The van der Waals surface area contributed by atoms with Crippen LogP contribution in [0.4, 0.5) is 17.1 Å². The van der Waals surface area contributed by atoms with E-state index in [1.807, 2.05) is 24.3 Å². The summed E-state index contributed by atoms with van der Waals surface area (Å²) in [4.78, 5) is 31.9. The molecule has 4 rings (SSSR count). The Balaban J connectivity index is 1.57. The normalized spacial score (nSPS) is 18.9. The predicted molar refractivity (Wildman–Crippen MR) is 126 cm³/mol. The number of aliphatic imine (C=N–C) groups is 1. The molecule has 2 heterocycles.